The molecule has 1 saturated carbocycles. The minimum Gasteiger partial charge on any atom is -0.494 e. The molecule has 6 radical (unpaired) electrons. The predicted octanol–water partition coefficient (Wildman–Crippen LogP) is 2.80. The Morgan fingerprint density at radius 3 is 2.55 bits per heavy atom. The number of hydrogen-bond donors (Lipinski definition) is 3. The van der Waals surface area contributed by atoms with Gasteiger partial charge in [-0.2, -0.15) is 4.98 Å². The van der Waals surface area contributed by atoms with Crippen molar-refractivity contribution in [2.24, 2.45) is 5.92 Å². The SMILES string of the molecule is [B]C([B])([B])NC(=O)c1cnc(NC(=O)C2CC2)cc1Nc1cccc(-c2nc(COCc3ccccc3)no2)c1OC. The number of hydrogen-bond acceptors (Lipinski definition) is 9. The fourth-order valence-electron chi connectivity index (χ4n) is 4.07. The van der Waals surface area contributed by atoms with Crippen LogP contribution in [0.1, 0.15) is 34.6 Å². The van der Waals surface area contributed by atoms with Gasteiger partial charge in [-0.1, -0.05) is 46.8 Å². The first-order valence-electron chi connectivity index (χ1n) is 13.1. The van der Waals surface area contributed by atoms with E-state index in [-0.39, 0.29) is 41.4 Å². The summed E-state index contributed by atoms with van der Waals surface area (Å²) >= 11 is 0. The highest BCUT2D eigenvalue weighted by Crippen LogP contribution is 2.38. The highest BCUT2D eigenvalue weighted by molar-refractivity contribution is 6.60. The van der Waals surface area contributed by atoms with Crippen molar-refractivity contribution in [2.75, 3.05) is 17.7 Å². The molecule has 2 amide bonds. The Bertz CT molecular complexity index is 1570. The number of anilines is 3. The van der Waals surface area contributed by atoms with E-state index in [9.17, 15) is 9.59 Å². The number of pyridine rings is 1. The van der Waals surface area contributed by atoms with Crippen LogP contribution in [0.15, 0.2) is 65.3 Å². The second-order valence-electron chi connectivity index (χ2n) is 9.77. The van der Waals surface area contributed by atoms with E-state index in [1.54, 1.807) is 18.2 Å². The topological polar surface area (TPSA) is 140 Å². The number of carbonyl (C=O) groups excluding carboxylic acids is 2. The lowest BCUT2D eigenvalue weighted by Gasteiger charge is -2.23. The third-order valence-corrected chi connectivity index (χ3v) is 6.21. The van der Waals surface area contributed by atoms with Gasteiger partial charge in [0.25, 0.3) is 11.8 Å². The first-order valence-corrected chi connectivity index (χ1v) is 13.1. The van der Waals surface area contributed by atoms with E-state index >= 15 is 0 Å². The van der Waals surface area contributed by atoms with Crippen LogP contribution in [0.25, 0.3) is 11.5 Å². The van der Waals surface area contributed by atoms with Crippen LogP contribution in [-0.4, -0.2) is 62.8 Å². The number of rotatable bonds is 12. The van der Waals surface area contributed by atoms with Gasteiger partial charge >= 0.3 is 0 Å². The predicted molar refractivity (Wildman–Crippen MR) is 158 cm³/mol. The Hall–Kier alpha value is -4.58. The molecule has 2 aromatic carbocycles. The van der Waals surface area contributed by atoms with Gasteiger partial charge in [-0.05, 0) is 30.5 Å². The molecule has 2 heterocycles. The molecule has 206 valence electrons. The van der Waals surface area contributed by atoms with E-state index in [2.05, 4.69) is 31.1 Å². The van der Waals surface area contributed by atoms with Gasteiger partial charge in [-0.3, -0.25) is 9.59 Å². The van der Waals surface area contributed by atoms with Gasteiger partial charge in [-0.15, -0.1) is 0 Å². The average Bonchev–Trinajstić information content (AvgIpc) is 3.71. The van der Waals surface area contributed by atoms with Gasteiger partial charge in [-0.25, -0.2) is 4.98 Å². The molecule has 1 fully saturated rings. The molecule has 0 bridgehead atoms. The van der Waals surface area contributed by atoms with E-state index in [0.717, 1.165) is 18.4 Å². The second kappa shape index (κ2) is 12.5. The van der Waals surface area contributed by atoms with Gasteiger partial charge in [0.2, 0.25) is 5.91 Å². The maximum atomic E-state index is 13.0. The summed E-state index contributed by atoms with van der Waals surface area (Å²) in [6.07, 6.45) is 2.93. The van der Waals surface area contributed by atoms with Crippen LogP contribution in [0.3, 0.4) is 0 Å². The standard InChI is InChI=1S/C28H25B3N6O5/c1-40-24-18(27-35-23(37-42-27)15-41-14-16-6-3-2-4-7-16)8-5-9-20(24)33-21-12-22(34-25(38)17-10-11-17)32-13-19(21)26(39)36-28(29,30)31/h2-9,12-13,17H,10-11,14-15H2,1H3,(H,36,39)(H2,32,33,34,38). The van der Waals surface area contributed by atoms with Crippen LogP contribution in [0.2, 0.25) is 0 Å². The Morgan fingerprint density at radius 2 is 1.83 bits per heavy atom. The van der Waals surface area contributed by atoms with Gasteiger partial charge in [0, 0.05) is 18.2 Å². The molecular formula is C28H25B3N6O5. The number of aromatic nitrogens is 3. The molecule has 0 atom stereocenters. The lowest BCUT2D eigenvalue weighted by atomic mass is 9.49. The third-order valence-electron chi connectivity index (χ3n) is 6.21. The summed E-state index contributed by atoms with van der Waals surface area (Å²) in [5.41, 5.74) is 2.31. The summed E-state index contributed by atoms with van der Waals surface area (Å²) in [5, 5.41) is 10.3. The van der Waals surface area contributed by atoms with Crippen molar-refractivity contribution in [3.05, 3.63) is 77.7 Å². The number of methoxy groups -OCH3 is 1. The van der Waals surface area contributed by atoms with Crippen LogP contribution in [0.5, 0.6) is 5.75 Å². The van der Waals surface area contributed by atoms with Crippen molar-refractivity contribution >= 4 is 52.5 Å². The van der Waals surface area contributed by atoms with Crippen molar-refractivity contribution in [1.29, 1.82) is 0 Å². The third kappa shape index (κ3) is 7.38. The van der Waals surface area contributed by atoms with Gasteiger partial charge in [0.05, 0.1) is 59.8 Å². The lowest BCUT2D eigenvalue weighted by molar-refractivity contribution is -0.117. The van der Waals surface area contributed by atoms with Gasteiger partial charge < -0.3 is 29.9 Å². The van der Waals surface area contributed by atoms with Crippen LogP contribution >= 0.6 is 0 Å². The van der Waals surface area contributed by atoms with E-state index in [4.69, 9.17) is 37.5 Å². The molecule has 0 saturated heterocycles. The maximum absolute atomic E-state index is 13.0. The molecule has 4 aromatic rings. The van der Waals surface area contributed by atoms with Crippen molar-refractivity contribution in [2.45, 2.75) is 31.3 Å². The van der Waals surface area contributed by atoms with Crippen LogP contribution in [-0.2, 0) is 22.7 Å². The highest BCUT2D eigenvalue weighted by Gasteiger charge is 2.30. The molecule has 3 N–H and O–H groups in total. The Balaban J connectivity index is 1.39. The normalized spacial score (nSPS) is 12.9. The summed E-state index contributed by atoms with van der Waals surface area (Å²) in [6, 6.07) is 16.5. The van der Waals surface area contributed by atoms with Crippen LogP contribution in [0, 0.1) is 5.92 Å². The summed E-state index contributed by atoms with van der Waals surface area (Å²) in [4.78, 5) is 33.9. The summed E-state index contributed by atoms with van der Waals surface area (Å²) in [6.45, 7) is 0.548. The number of nitrogens with zero attached hydrogens (tertiary/aromatic N) is 3. The van der Waals surface area contributed by atoms with Gasteiger partial charge in [0.1, 0.15) is 12.4 Å². The van der Waals surface area contributed by atoms with Crippen LogP contribution < -0.4 is 20.7 Å². The molecule has 2 aromatic heterocycles. The highest BCUT2D eigenvalue weighted by atomic mass is 16.5. The smallest absolute Gasteiger partial charge is 0.261 e. The molecule has 14 heteroatoms. The zero-order valence-corrected chi connectivity index (χ0v) is 22.8. The maximum Gasteiger partial charge on any atom is 0.261 e. The summed E-state index contributed by atoms with van der Waals surface area (Å²) < 4.78 is 16.9. The van der Waals surface area contributed by atoms with Crippen molar-refractivity contribution < 1.29 is 23.6 Å². The monoisotopic (exact) mass is 558 g/mol. The number of ether oxygens (including phenoxy) is 2. The number of nitrogens with one attached hydrogen (secondary N) is 3. The molecule has 1 aliphatic rings. The molecular weight excluding hydrogens is 533 g/mol. The first kappa shape index (κ1) is 28.9. The molecule has 5 rings (SSSR count). The first-order chi connectivity index (χ1) is 20.2. The largest absolute Gasteiger partial charge is 0.494 e. The lowest BCUT2D eigenvalue weighted by Crippen LogP contribution is -2.50. The molecule has 42 heavy (non-hydrogen) atoms. The fourth-order valence-corrected chi connectivity index (χ4v) is 4.07. The molecule has 1 aliphatic carbocycles. The second-order valence-corrected chi connectivity index (χ2v) is 9.77. The molecule has 0 aliphatic heterocycles. The number of amides is 2. The Labute approximate surface area is 246 Å². The van der Waals surface area contributed by atoms with E-state index in [0.29, 0.717) is 29.4 Å². The van der Waals surface area contributed by atoms with Gasteiger partial charge in [0.15, 0.2) is 11.6 Å². The average molecular weight is 558 g/mol. The summed E-state index contributed by atoms with van der Waals surface area (Å²) in [5.74, 6) is 0.295. The van der Waals surface area contributed by atoms with Crippen molar-refractivity contribution in [1.82, 2.24) is 20.4 Å². The van der Waals surface area contributed by atoms with Crippen LogP contribution in [0.4, 0.5) is 17.2 Å². The number of para-hydroxylation sites is 1. The fraction of sp³-hybridized carbons (Fsp3) is 0.250. The quantitative estimate of drug-likeness (QED) is 0.224. The van der Waals surface area contributed by atoms with Crippen molar-refractivity contribution in [3.63, 3.8) is 0 Å². The van der Waals surface area contributed by atoms with Crippen molar-refractivity contribution in [3.8, 4) is 17.2 Å². The molecule has 0 unspecified atom stereocenters. The zero-order chi connectivity index (χ0) is 29.7. The molecule has 11 nitrogen and oxygen atoms in total. The molecule has 0 spiro atoms. The minimum absolute atomic E-state index is 0.0432. The minimum atomic E-state index is -1.97. The number of benzene rings is 2. The zero-order valence-electron chi connectivity index (χ0n) is 22.8. The Morgan fingerprint density at radius 1 is 1.05 bits per heavy atom. The van der Waals surface area contributed by atoms with E-state index < -0.39 is 11.1 Å². The summed E-state index contributed by atoms with van der Waals surface area (Å²) in [7, 11) is 18.2. The Kier molecular flexibility index (Phi) is 8.63. The van der Waals surface area contributed by atoms with E-state index in [1.807, 2.05) is 30.3 Å². The van der Waals surface area contributed by atoms with E-state index in [1.165, 1.54) is 19.4 Å². The number of carbonyl (C=O) groups is 2.